The van der Waals surface area contributed by atoms with Gasteiger partial charge in [-0.05, 0) is 24.6 Å². The minimum atomic E-state index is -1.01. The van der Waals surface area contributed by atoms with Crippen molar-refractivity contribution in [2.75, 3.05) is 0 Å². The van der Waals surface area contributed by atoms with E-state index in [1.807, 2.05) is 6.07 Å². The molecule has 2 aromatic rings. The molecule has 22 heavy (non-hydrogen) atoms. The van der Waals surface area contributed by atoms with Gasteiger partial charge < -0.3 is 9.15 Å². The minimum absolute atomic E-state index is 0.138. The topological polar surface area (TPSA) is 87.1 Å². The van der Waals surface area contributed by atoms with E-state index in [0.29, 0.717) is 11.3 Å². The molecule has 1 aromatic heterocycles. The van der Waals surface area contributed by atoms with Crippen LogP contribution >= 0.6 is 0 Å². The molecule has 0 spiro atoms. The van der Waals surface area contributed by atoms with Crippen LogP contribution in [0.2, 0.25) is 0 Å². The maximum absolute atomic E-state index is 13.5. The Morgan fingerprint density at radius 1 is 1.36 bits per heavy atom. The highest BCUT2D eigenvalue weighted by molar-refractivity contribution is 5.84. The first-order chi connectivity index (χ1) is 10.5. The SMILES string of the molecule is Cc1cc2c(c(=O)o1)C(c1cccc(F)c1)C(C#N)C(=N)O2. The first-order valence-corrected chi connectivity index (χ1v) is 6.57. The number of halogens is 1. The van der Waals surface area contributed by atoms with Gasteiger partial charge in [0.15, 0.2) is 0 Å². The molecule has 0 aliphatic carbocycles. The third kappa shape index (κ3) is 2.17. The Hall–Kier alpha value is -2.94. The van der Waals surface area contributed by atoms with Crippen molar-refractivity contribution in [3.05, 3.63) is 63.5 Å². The third-order valence-corrected chi connectivity index (χ3v) is 3.57. The average molecular weight is 298 g/mol. The monoisotopic (exact) mass is 298 g/mol. The summed E-state index contributed by atoms with van der Waals surface area (Å²) in [7, 11) is 0. The number of fused-ring (bicyclic) bond motifs is 1. The van der Waals surface area contributed by atoms with Crippen LogP contribution in [0, 0.1) is 35.4 Å². The van der Waals surface area contributed by atoms with Crippen LogP contribution in [0.4, 0.5) is 4.39 Å². The third-order valence-electron chi connectivity index (χ3n) is 3.57. The van der Waals surface area contributed by atoms with E-state index in [4.69, 9.17) is 14.6 Å². The number of rotatable bonds is 1. The minimum Gasteiger partial charge on any atom is -0.441 e. The van der Waals surface area contributed by atoms with E-state index in [1.54, 1.807) is 13.0 Å². The van der Waals surface area contributed by atoms with E-state index in [9.17, 15) is 14.4 Å². The van der Waals surface area contributed by atoms with Crippen LogP contribution in [0.3, 0.4) is 0 Å². The number of ether oxygens (including phenoxy) is 1. The Labute approximate surface area is 125 Å². The van der Waals surface area contributed by atoms with Gasteiger partial charge >= 0.3 is 5.63 Å². The lowest BCUT2D eigenvalue weighted by Gasteiger charge is -2.29. The van der Waals surface area contributed by atoms with E-state index in [-0.39, 0.29) is 17.2 Å². The van der Waals surface area contributed by atoms with E-state index in [2.05, 4.69) is 0 Å². The molecular formula is C16H11FN2O3. The van der Waals surface area contributed by atoms with Crippen LogP contribution in [0.25, 0.3) is 0 Å². The van der Waals surface area contributed by atoms with Crippen LogP contribution in [-0.4, -0.2) is 5.90 Å². The fourth-order valence-electron chi connectivity index (χ4n) is 2.65. The molecule has 1 aliphatic rings. The van der Waals surface area contributed by atoms with Crippen molar-refractivity contribution < 1.29 is 13.5 Å². The van der Waals surface area contributed by atoms with Crippen molar-refractivity contribution in [3.63, 3.8) is 0 Å². The van der Waals surface area contributed by atoms with Crippen LogP contribution in [0.15, 0.2) is 39.5 Å². The average Bonchev–Trinajstić information content (AvgIpc) is 2.45. The van der Waals surface area contributed by atoms with Crippen molar-refractivity contribution in [1.82, 2.24) is 0 Å². The lowest BCUT2D eigenvalue weighted by Crippen LogP contribution is -2.34. The molecule has 5 nitrogen and oxygen atoms in total. The van der Waals surface area contributed by atoms with Crippen LogP contribution in [0.1, 0.15) is 22.8 Å². The summed E-state index contributed by atoms with van der Waals surface area (Å²) in [6, 6.07) is 9.07. The van der Waals surface area contributed by atoms with Gasteiger partial charge in [-0.3, -0.25) is 5.41 Å². The van der Waals surface area contributed by atoms with E-state index >= 15 is 0 Å². The zero-order chi connectivity index (χ0) is 15.9. The predicted octanol–water partition coefficient (Wildman–Crippen LogP) is 2.73. The molecule has 110 valence electrons. The van der Waals surface area contributed by atoms with Gasteiger partial charge in [-0.15, -0.1) is 0 Å². The van der Waals surface area contributed by atoms with Gasteiger partial charge in [0.2, 0.25) is 5.90 Å². The molecule has 1 aliphatic heterocycles. The number of hydrogen-bond donors (Lipinski definition) is 1. The van der Waals surface area contributed by atoms with E-state index in [0.717, 1.165) is 0 Å². The summed E-state index contributed by atoms with van der Waals surface area (Å²) in [6.07, 6.45) is 0. The highest BCUT2D eigenvalue weighted by atomic mass is 19.1. The van der Waals surface area contributed by atoms with Crippen LogP contribution in [0.5, 0.6) is 5.75 Å². The summed E-state index contributed by atoms with van der Waals surface area (Å²) in [4.78, 5) is 12.2. The smallest absolute Gasteiger partial charge is 0.343 e. The van der Waals surface area contributed by atoms with Crippen LogP contribution < -0.4 is 10.4 Å². The van der Waals surface area contributed by atoms with Crippen LogP contribution in [-0.2, 0) is 0 Å². The zero-order valence-corrected chi connectivity index (χ0v) is 11.6. The zero-order valence-electron chi connectivity index (χ0n) is 11.6. The van der Waals surface area contributed by atoms with Gasteiger partial charge in [-0.25, -0.2) is 9.18 Å². The van der Waals surface area contributed by atoms with E-state index in [1.165, 1.54) is 24.3 Å². The maximum atomic E-state index is 13.5. The first kappa shape index (κ1) is 14.0. The Kier molecular flexibility index (Phi) is 3.26. The van der Waals surface area contributed by atoms with E-state index < -0.39 is 23.3 Å². The fourth-order valence-corrected chi connectivity index (χ4v) is 2.65. The number of nitrogens with zero attached hydrogens (tertiary/aromatic N) is 1. The quantitative estimate of drug-likeness (QED) is 0.877. The molecule has 0 bridgehead atoms. The highest BCUT2D eigenvalue weighted by Gasteiger charge is 2.39. The van der Waals surface area contributed by atoms with Gasteiger partial charge in [0, 0.05) is 12.0 Å². The number of benzene rings is 1. The summed E-state index contributed by atoms with van der Waals surface area (Å²) in [5.41, 5.74) is -0.0761. The lowest BCUT2D eigenvalue weighted by molar-refractivity contribution is 0.402. The second-order valence-corrected chi connectivity index (χ2v) is 5.03. The normalized spacial score (nSPS) is 20.0. The van der Waals surface area contributed by atoms with Gasteiger partial charge in [-0.1, -0.05) is 12.1 Å². The predicted molar refractivity (Wildman–Crippen MR) is 75.4 cm³/mol. The lowest BCUT2D eigenvalue weighted by atomic mass is 9.80. The molecule has 2 atom stereocenters. The van der Waals surface area contributed by atoms with Crippen molar-refractivity contribution >= 4 is 5.90 Å². The number of nitriles is 1. The maximum Gasteiger partial charge on any atom is 0.343 e. The summed E-state index contributed by atoms with van der Waals surface area (Å²) in [6.45, 7) is 1.59. The summed E-state index contributed by atoms with van der Waals surface area (Å²) in [5, 5.41) is 17.2. The molecule has 2 heterocycles. The molecule has 0 fully saturated rings. The van der Waals surface area contributed by atoms with Crippen molar-refractivity contribution in [3.8, 4) is 11.8 Å². The second kappa shape index (κ2) is 5.11. The molecular weight excluding hydrogens is 287 g/mol. The molecule has 1 N–H and O–H groups in total. The van der Waals surface area contributed by atoms with Crippen molar-refractivity contribution in [2.24, 2.45) is 5.92 Å². The second-order valence-electron chi connectivity index (χ2n) is 5.03. The van der Waals surface area contributed by atoms with Gasteiger partial charge in [-0.2, -0.15) is 5.26 Å². The molecule has 3 rings (SSSR count). The Morgan fingerprint density at radius 3 is 2.82 bits per heavy atom. The number of nitrogens with one attached hydrogen (secondary N) is 1. The fraction of sp³-hybridized carbons (Fsp3) is 0.188. The summed E-state index contributed by atoms with van der Waals surface area (Å²) >= 11 is 0. The summed E-state index contributed by atoms with van der Waals surface area (Å²) in [5.74, 6) is -2.04. The number of aryl methyl sites for hydroxylation is 1. The summed E-state index contributed by atoms with van der Waals surface area (Å²) < 4.78 is 23.9. The molecule has 0 saturated carbocycles. The first-order valence-electron chi connectivity index (χ1n) is 6.57. The van der Waals surface area contributed by atoms with Crippen molar-refractivity contribution in [1.29, 1.82) is 10.7 Å². The van der Waals surface area contributed by atoms with Gasteiger partial charge in [0.25, 0.3) is 0 Å². The molecule has 6 heteroatoms. The molecule has 0 amide bonds. The molecule has 0 radical (unpaired) electrons. The highest BCUT2D eigenvalue weighted by Crippen LogP contribution is 2.40. The largest absolute Gasteiger partial charge is 0.441 e. The van der Waals surface area contributed by atoms with Crippen molar-refractivity contribution in [2.45, 2.75) is 12.8 Å². The van der Waals surface area contributed by atoms with Gasteiger partial charge in [0.1, 0.15) is 23.2 Å². The van der Waals surface area contributed by atoms with Gasteiger partial charge in [0.05, 0.1) is 11.6 Å². The standard InChI is InChI=1S/C16H11FN2O3/c1-8-5-12-14(16(20)21-8)13(11(7-18)15(19)22-12)9-3-2-4-10(17)6-9/h2-6,11,13,19H,1H3. The Morgan fingerprint density at radius 2 is 2.14 bits per heavy atom. The number of hydrogen-bond acceptors (Lipinski definition) is 5. The Balaban J connectivity index is 2.29. The molecule has 1 aromatic carbocycles. The Bertz CT molecular complexity index is 866. The molecule has 2 unspecified atom stereocenters. The molecule has 0 saturated heterocycles.